The lowest BCUT2D eigenvalue weighted by Crippen LogP contribution is -2.40. The molecule has 0 saturated carbocycles. The maximum absolute atomic E-state index is 11.7. The number of rotatable bonds is 5. The number of nitrogens with one attached hydrogen (secondary N) is 1. The van der Waals surface area contributed by atoms with Crippen LogP contribution >= 0.6 is 11.6 Å². The van der Waals surface area contributed by atoms with Crippen LogP contribution in [0, 0.1) is 0 Å². The van der Waals surface area contributed by atoms with Crippen molar-refractivity contribution in [3.63, 3.8) is 0 Å². The van der Waals surface area contributed by atoms with Gasteiger partial charge in [-0.3, -0.25) is 9.59 Å². The third kappa shape index (κ3) is 4.00. The Morgan fingerprint density at radius 1 is 1.33 bits per heavy atom. The molecule has 1 aromatic heterocycles. The summed E-state index contributed by atoms with van der Waals surface area (Å²) in [6.07, 6.45) is 0. The molecular weight excluding hydrogens is 254 g/mol. The molecule has 5 nitrogen and oxygen atoms in total. The third-order valence-corrected chi connectivity index (χ3v) is 2.67. The average molecular weight is 270 g/mol. The Balaban J connectivity index is 2.54. The number of aromatic nitrogens is 1. The summed E-state index contributed by atoms with van der Waals surface area (Å²) in [5.41, 5.74) is 0.204. The fourth-order valence-corrected chi connectivity index (χ4v) is 1.63. The van der Waals surface area contributed by atoms with Crippen LogP contribution in [-0.4, -0.2) is 41.3 Å². The Hall–Kier alpha value is -1.62. The van der Waals surface area contributed by atoms with Crippen LogP contribution in [0.4, 0.5) is 0 Å². The molecule has 0 aliphatic heterocycles. The summed E-state index contributed by atoms with van der Waals surface area (Å²) >= 11 is 5.68. The Bertz CT molecular complexity index is 433. The Morgan fingerprint density at radius 3 is 2.56 bits per heavy atom. The number of carbonyl (C=O) groups excluding carboxylic acids is 2. The summed E-state index contributed by atoms with van der Waals surface area (Å²) in [6.45, 7) is 5.00. The highest BCUT2D eigenvalue weighted by Crippen LogP contribution is 2.04. The van der Waals surface area contributed by atoms with E-state index in [1.165, 1.54) is 0 Å². The molecule has 0 saturated heterocycles. The zero-order valence-corrected chi connectivity index (χ0v) is 11.2. The van der Waals surface area contributed by atoms with Crippen LogP contribution in [0.5, 0.6) is 0 Å². The molecule has 0 spiro atoms. The van der Waals surface area contributed by atoms with Gasteiger partial charge in [-0.2, -0.15) is 0 Å². The standard InChI is InChI=1S/C12H16ClN3O2/c1-3-16(4-2)11(17)8-14-12(18)9-6-5-7-10(13)15-9/h5-7H,3-4,8H2,1-2H3,(H,14,18). The topological polar surface area (TPSA) is 62.3 Å². The lowest BCUT2D eigenvalue weighted by molar-refractivity contribution is -0.129. The first-order chi connectivity index (χ1) is 8.58. The van der Waals surface area contributed by atoms with E-state index in [1.54, 1.807) is 23.1 Å². The highest BCUT2D eigenvalue weighted by molar-refractivity contribution is 6.29. The van der Waals surface area contributed by atoms with Crippen molar-refractivity contribution >= 4 is 23.4 Å². The minimum absolute atomic E-state index is 0.0330. The first-order valence-electron chi connectivity index (χ1n) is 5.77. The molecule has 0 radical (unpaired) electrons. The van der Waals surface area contributed by atoms with Crippen molar-refractivity contribution in [2.24, 2.45) is 0 Å². The summed E-state index contributed by atoms with van der Waals surface area (Å²) < 4.78 is 0. The van der Waals surface area contributed by atoms with E-state index in [-0.39, 0.29) is 23.3 Å². The van der Waals surface area contributed by atoms with E-state index in [4.69, 9.17) is 11.6 Å². The molecule has 1 N–H and O–H groups in total. The van der Waals surface area contributed by atoms with Gasteiger partial charge in [0.05, 0.1) is 6.54 Å². The van der Waals surface area contributed by atoms with E-state index in [0.717, 1.165) is 0 Å². The fraction of sp³-hybridized carbons (Fsp3) is 0.417. The maximum atomic E-state index is 11.7. The molecule has 1 heterocycles. The Kier molecular flexibility index (Phi) is 5.58. The molecular formula is C12H16ClN3O2. The van der Waals surface area contributed by atoms with Gasteiger partial charge in [0, 0.05) is 13.1 Å². The summed E-state index contributed by atoms with van der Waals surface area (Å²) in [7, 11) is 0. The van der Waals surface area contributed by atoms with Crippen molar-refractivity contribution in [3.8, 4) is 0 Å². The first kappa shape index (κ1) is 14.4. The molecule has 0 atom stereocenters. The van der Waals surface area contributed by atoms with Crippen molar-refractivity contribution in [1.29, 1.82) is 0 Å². The van der Waals surface area contributed by atoms with Crippen molar-refractivity contribution in [2.45, 2.75) is 13.8 Å². The van der Waals surface area contributed by atoms with Crippen LogP contribution in [-0.2, 0) is 4.79 Å². The van der Waals surface area contributed by atoms with Crippen LogP contribution in [0.25, 0.3) is 0 Å². The van der Waals surface area contributed by atoms with Gasteiger partial charge in [0.1, 0.15) is 10.8 Å². The predicted octanol–water partition coefficient (Wildman–Crippen LogP) is 1.33. The second-order valence-electron chi connectivity index (χ2n) is 3.59. The minimum atomic E-state index is -0.405. The Morgan fingerprint density at radius 2 is 2.00 bits per heavy atom. The zero-order valence-electron chi connectivity index (χ0n) is 10.4. The molecule has 2 amide bonds. The van der Waals surface area contributed by atoms with E-state index < -0.39 is 5.91 Å². The van der Waals surface area contributed by atoms with Gasteiger partial charge < -0.3 is 10.2 Å². The van der Waals surface area contributed by atoms with Gasteiger partial charge in [-0.25, -0.2) is 4.98 Å². The molecule has 0 aromatic carbocycles. The zero-order chi connectivity index (χ0) is 13.5. The fourth-order valence-electron chi connectivity index (χ4n) is 1.47. The number of likely N-dealkylation sites (N-methyl/N-ethyl adjacent to an activating group) is 1. The SMILES string of the molecule is CCN(CC)C(=O)CNC(=O)c1cccc(Cl)n1. The van der Waals surface area contributed by atoms with Gasteiger partial charge in [-0.05, 0) is 26.0 Å². The van der Waals surface area contributed by atoms with Gasteiger partial charge in [0.25, 0.3) is 5.91 Å². The van der Waals surface area contributed by atoms with Gasteiger partial charge >= 0.3 is 0 Å². The van der Waals surface area contributed by atoms with Crippen LogP contribution in [0.15, 0.2) is 18.2 Å². The van der Waals surface area contributed by atoms with E-state index >= 15 is 0 Å². The monoisotopic (exact) mass is 269 g/mol. The quantitative estimate of drug-likeness (QED) is 0.821. The van der Waals surface area contributed by atoms with E-state index in [2.05, 4.69) is 10.3 Å². The smallest absolute Gasteiger partial charge is 0.270 e. The number of hydrogen-bond acceptors (Lipinski definition) is 3. The molecule has 18 heavy (non-hydrogen) atoms. The minimum Gasteiger partial charge on any atom is -0.342 e. The maximum Gasteiger partial charge on any atom is 0.270 e. The molecule has 1 rings (SSSR count). The van der Waals surface area contributed by atoms with Crippen molar-refractivity contribution in [1.82, 2.24) is 15.2 Å². The molecule has 1 aromatic rings. The van der Waals surface area contributed by atoms with Crippen LogP contribution in [0.1, 0.15) is 24.3 Å². The van der Waals surface area contributed by atoms with Crippen molar-refractivity contribution in [3.05, 3.63) is 29.0 Å². The largest absolute Gasteiger partial charge is 0.342 e. The number of carbonyl (C=O) groups is 2. The molecule has 0 bridgehead atoms. The van der Waals surface area contributed by atoms with Crippen molar-refractivity contribution < 1.29 is 9.59 Å². The average Bonchev–Trinajstić information content (AvgIpc) is 2.37. The van der Waals surface area contributed by atoms with Gasteiger partial charge in [-0.15, -0.1) is 0 Å². The molecule has 0 aliphatic rings. The number of nitrogens with zero attached hydrogens (tertiary/aromatic N) is 2. The Labute approximate surface area is 111 Å². The van der Waals surface area contributed by atoms with E-state index in [9.17, 15) is 9.59 Å². The van der Waals surface area contributed by atoms with E-state index in [1.807, 2.05) is 13.8 Å². The van der Waals surface area contributed by atoms with Crippen LogP contribution < -0.4 is 5.32 Å². The lowest BCUT2D eigenvalue weighted by Gasteiger charge is -2.18. The van der Waals surface area contributed by atoms with Gasteiger partial charge in [0.15, 0.2) is 0 Å². The number of halogens is 1. The van der Waals surface area contributed by atoms with Crippen LogP contribution in [0.2, 0.25) is 5.15 Å². The van der Waals surface area contributed by atoms with Gasteiger partial charge in [0.2, 0.25) is 5.91 Å². The summed E-state index contributed by atoms with van der Waals surface area (Å²) in [5, 5.41) is 2.77. The predicted molar refractivity (Wildman–Crippen MR) is 69.5 cm³/mol. The molecule has 6 heteroatoms. The molecule has 0 fully saturated rings. The van der Waals surface area contributed by atoms with Crippen LogP contribution in [0.3, 0.4) is 0 Å². The normalized spacial score (nSPS) is 9.94. The lowest BCUT2D eigenvalue weighted by atomic mass is 10.3. The summed E-state index contributed by atoms with van der Waals surface area (Å²) in [5.74, 6) is -0.520. The number of hydrogen-bond donors (Lipinski definition) is 1. The summed E-state index contributed by atoms with van der Waals surface area (Å²) in [6, 6.07) is 4.76. The third-order valence-electron chi connectivity index (χ3n) is 2.46. The molecule has 98 valence electrons. The number of amides is 2. The number of pyridine rings is 1. The van der Waals surface area contributed by atoms with Crippen molar-refractivity contribution in [2.75, 3.05) is 19.6 Å². The highest BCUT2D eigenvalue weighted by atomic mass is 35.5. The second kappa shape index (κ2) is 6.96. The highest BCUT2D eigenvalue weighted by Gasteiger charge is 2.12. The second-order valence-corrected chi connectivity index (χ2v) is 3.98. The molecule has 0 unspecified atom stereocenters. The molecule has 0 aliphatic carbocycles. The summed E-state index contributed by atoms with van der Waals surface area (Å²) in [4.78, 5) is 28.9. The van der Waals surface area contributed by atoms with E-state index in [0.29, 0.717) is 13.1 Å². The van der Waals surface area contributed by atoms with Gasteiger partial charge in [-0.1, -0.05) is 17.7 Å². The first-order valence-corrected chi connectivity index (χ1v) is 6.14.